The molecule has 7 nitrogen and oxygen atoms in total. The third kappa shape index (κ3) is 15.4. The number of carboxylic acids is 1. The van der Waals surface area contributed by atoms with Crippen LogP contribution < -0.4 is 5.32 Å². The van der Waals surface area contributed by atoms with E-state index >= 15 is 0 Å². The quantitative estimate of drug-likeness (QED) is 0.0954. The van der Waals surface area contributed by atoms with Gasteiger partial charge < -0.3 is 30.8 Å². The van der Waals surface area contributed by atoms with Crippen molar-refractivity contribution in [1.82, 2.24) is 5.32 Å². The zero-order chi connectivity index (χ0) is 28.2. The van der Waals surface area contributed by atoms with Crippen LogP contribution in [0.1, 0.15) is 90.0 Å². The van der Waals surface area contributed by atoms with Gasteiger partial charge in [-0.3, -0.25) is 4.79 Å². The largest absolute Gasteiger partial charge is 0.481 e. The normalized spacial score (nSPS) is 15.7. The van der Waals surface area contributed by atoms with Crippen LogP contribution in [0.2, 0.25) is 0 Å². The summed E-state index contributed by atoms with van der Waals surface area (Å²) in [7, 11) is 0. The molecule has 0 aliphatic carbocycles. The van der Waals surface area contributed by atoms with Gasteiger partial charge in [-0.25, -0.2) is 0 Å². The van der Waals surface area contributed by atoms with Gasteiger partial charge in [-0.2, -0.15) is 0 Å². The van der Waals surface area contributed by atoms with Crippen molar-refractivity contribution in [2.24, 2.45) is 0 Å². The highest BCUT2D eigenvalue weighted by atomic mass is 16.4. The Kier molecular flexibility index (Phi) is 18.7. The zero-order valence-corrected chi connectivity index (χ0v) is 23.4. The van der Waals surface area contributed by atoms with Crippen LogP contribution in [0.25, 0.3) is 0 Å². The van der Waals surface area contributed by atoms with Crippen LogP contribution in [0.4, 0.5) is 0 Å². The standard InChI is InChI=1S/C31H51NO6/c1-3-5-15-29(35)30(36)20-18-25(17-16-24-11-7-6-8-12-24)26(22-28(34)23-33)13-9-10-14-27(32-4-2)19-21-31(37)38/h6-8,11-12,18,20,27-30,32-36H,3-5,9-10,13-17,19,21-23H2,1-2H3,(H,37,38). The lowest BCUT2D eigenvalue weighted by atomic mass is 9.91. The molecule has 4 atom stereocenters. The molecule has 7 heteroatoms. The van der Waals surface area contributed by atoms with Crippen LogP contribution in [0, 0.1) is 0 Å². The molecule has 1 aromatic rings. The van der Waals surface area contributed by atoms with Crippen molar-refractivity contribution in [1.29, 1.82) is 0 Å². The second-order valence-corrected chi connectivity index (χ2v) is 10.1. The van der Waals surface area contributed by atoms with Crippen molar-refractivity contribution in [2.45, 2.75) is 115 Å². The Morgan fingerprint density at radius 2 is 1.68 bits per heavy atom. The second kappa shape index (κ2) is 20.9. The van der Waals surface area contributed by atoms with Crippen LogP contribution >= 0.6 is 0 Å². The number of aliphatic hydroxyl groups is 4. The summed E-state index contributed by atoms with van der Waals surface area (Å²) in [6, 6.07) is 10.3. The summed E-state index contributed by atoms with van der Waals surface area (Å²) in [6.45, 7) is 4.53. The number of carbonyl (C=O) groups is 1. The second-order valence-electron chi connectivity index (χ2n) is 10.1. The number of aryl methyl sites for hydroxylation is 1. The molecule has 0 saturated carbocycles. The van der Waals surface area contributed by atoms with Gasteiger partial charge in [0.2, 0.25) is 0 Å². The highest BCUT2D eigenvalue weighted by molar-refractivity contribution is 5.66. The predicted octanol–water partition coefficient (Wildman–Crippen LogP) is 4.53. The van der Waals surface area contributed by atoms with Gasteiger partial charge in [0.25, 0.3) is 0 Å². The summed E-state index contributed by atoms with van der Waals surface area (Å²) in [5.74, 6) is -0.784. The van der Waals surface area contributed by atoms with Crippen molar-refractivity contribution in [3.8, 4) is 0 Å². The molecule has 0 saturated heterocycles. The minimum Gasteiger partial charge on any atom is -0.481 e. The molecule has 0 aliphatic rings. The fourth-order valence-corrected chi connectivity index (χ4v) is 4.64. The molecule has 0 aromatic heterocycles. The van der Waals surface area contributed by atoms with E-state index in [2.05, 4.69) is 17.4 Å². The van der Waals surface area contributed by atoms with Crippen LogP contribution in [0.5, 0.6) is 0 Å². The van der Waals surface area contributed by atoms with E-state index in [0.717, 1.165) is 62.6 Å². The van der Waals surface area contributed by atoms with Gasteiger partial charge in [0.05, 0.1) is 24.9 Å². The first-order valence-electron chi connectivity index (χ1n) is 14.3. The van der Waals surface area contributed by atoms with E-state index < -0.39 is 24.3 Å². The van der Waals surface area contributed by atoms with Crippen molar-refractivity contribution in [3.05, 3.63) is 59.2 Å². The van der Waals surface area contributed by atoms with Crippen LogP contribution in [0.15, 0.2) is 53.6 Å². The van der Waals surface area contributed by atoms with Gasteiger partial charge in [0.1, 0.15) is 0 Å². The summed E-state index contributed by atoms with van der Waals surface area (Å²) in [4.78, 5) is 11.0. The van der Waals surface area contributed by atoms with Gasteiger partial charge in [0, 0.05) is 12.5 Å². The zero-order valence-electron chi connectivity index (χ0n) is 23.4. The summed E-state index contributed by atoms with van der Waals surface area (Å²) in [6.07, 6.45) is 9.19. The molecular formula is C31H51NO6. The molecule has 0 heterocycles. The molecule has 0 spiro atoms. The van der Waals surface area contributed by atoms with Gasteiger partial charge in [-0.1, -0.05) is 81.2 Å². The summed E-state index contributed by atoms with van der Waals surface area (Å²) < 4.78 is 0. The van der Waals surface area contributed by atoms with E-state index in [1.165, 1.54) is 5.56 Å². The molecule has 6 N–H and O–H groups in total. The van der Waals surface area contributed by atoms with E-state index in [0.29, 0.717) is 25.7 Å². The van der Waals surface area contributed by atoms with E-state index in [4.69, 9.17) is 5.11 Å². The number of nitrogens with one attached hydrogen (secondary N) is 1. The van der Waals surface area contributed by atoms with Crippen molar-refractivity contribution in [3.63, 3.8) is 0 Å². The summed E-state index contributed by atoms with van der Waals surface area (Å²) in [5, 5.41) is 53.0. The lowest BCUT2D eigenvalue weighted by Crippen LogP contribution is -2.29. The number of hydrogen-bond acceptors (Lipinski definition) is 6. The Morgan fingerprint density at radius 1 is 0.947 bits per heavy atom. The Hall–Kier alpha value is -2.03. The monoisotopic (exact) mass is 533 g/mol. The third-order valence-electron chi connectivity index (χ3n) is 6.90. The smallest absolute Gasteiger partial charge is 0.303 e. The van der Waals surface area contributed by atoms with Gasteiger partial charge in [-0.05, 0) is 69.0 Å². The van der Waals surface area contributed by atoms with Crippen molar-refractivity contribution in [2.75, 3.05) is 13.2 Å². The molecule has 1 rings (SSSR count). The Bertz CT molecular complexity index is 810. The average Bonchev–Trinajstić information content (AvgIpc) is 2.92. The Balaban J connectivity index is 3.04. The maximum Gasteiger partial charge on any atom is 0.303 e. The van der Waals surface area contributed by atoms with Gasteiger partial charge in [0.15, 0.2) is 0 Å². The number of carboxylic acid groups (broad SMARTS) is 1. The number of aliphatic carboxylic acids is 1. The number of benzene rings is 1. The van der Waals surface area contributed by atoms with E-state index in [1.54, 1.807) is 6.08 Å². The van der Waals surface area contributed by atoms with Gasteiger partial charge in [-0.15, -0.1) is 0 Å². The highest BCUT2D eigenvalue weighted by Crippen LogP contribution is 2.25. The molecule has 0 bridgehead atoms. The molecule has 4 unspecified atom stereocenters. The lowest BCUT2D eigenvalue weighted by molar-refractivity contribution is -0.137. The van der Waals surface area contributed by atoms with E-state index in [1.807, 2.05) is 38.1 Å². The third-order valence-corrected chi connectivity index (χ3v) is 6.90. The first kappa shape index (κ1) is 34.0. The number of allylic oxidation sites excluding steroid dienone is 2. The molecule has 38 heavy (non-hydrogen) atoms. The maximum atomic E-state index is 11.0. The van der Waals surface area contributed by atoms with Crippen LogP contribution in [-0.4, -0.2) is 69.0 Å². The summed E-state index contributed by atoms with van der Waals surface area (Å²) in [5.41, 5.74) is 3.24. The lowest BCUT2D eigenvalue weighted by Gasteiger charge is -2.19. The SMILES string of the molecule is CCCCC(O)C(O)C=CC(CCc1ccccc1)=C(CCCCC(CCC(=O)O)NCC)CC(O)CO. The molecule has 216 valence electrons. The highest BCUT2D eigenvalue weighted by Gasteiger charge is 2.16. The van der Waals surface area contributed by atoms with Crippen LogP contribution in [-0.2, 0) is 11.2 Å². The number of hydrogen-bond donors (Lipinski definition) is 6. The van der Waals surface area contributed by atoms with Gasteiger partial charge >= 0.3 is 5.97 Å². The van der Waals surface area contributed by atoms with E-state index in [9.17, 15) is 25.2 Å². The molecule has 0 amide bonds. The maximum absolute atomic E-state index is 11.0. The Morgan fingerprint density at radius 3 is 2.32 bits per heavy atom. The summed E-state index contributed by atoms with van der Waals surface area (Å²) >= 11 is 0. The Labute approximate surface area is 229 Å². The molecule has 0 aliphatic heterocycles. The number of unbranched alkanes of at least 4 members (excludes halogenated alkanes) is 2. The predicted molar refractivity (Wildman–Crippen MR) is 153 cm³/mol. The average molecular weight is 534 g/mol. The molecule has 0 radical (unpaired) electrons. The minimum atomic E-state index is -0.965. The fourth-order valence-electron chi connectivity index (χ4n) is 4.64. The van der Waals surface area contributed by atoms with E-state index in [-0.39, 0.29) is 19.1 Å². The topological polar surface area (TPSA) is 130 Å². The minimum absolute atomic E-state index is 0.145. The number of rotatable bonds is 22. The molecule has 0 fully saturated rings. The van der Waals surface area contributed by atoms with Crippen molar-refractivity contribution >= 4 is 5.97 Å². The molecule has 1 aromatic carbocycles. The first-order chi connectivity index (χ1) is 18.3. The molecular weight excluding hydrogens is 482 g/mol. The first-order valence-corrected chi connectivity index (χ1v) is 14.3. The van der Waals surface area contributed by atoms with Crippen molar-refractivity contribution < 1.29 is 30.3 Å². The number of aliphatic hydroxyl groups excluding tert-OH is 4. The fraction of sp³-hybridized carbons (Fsp3) is 0.645. The van der Waals surface area contributed by atoms with Crippen LogP contribution in [0.3, 0.4) is 0 Å².